The first kappa shape index (κ1) is 72.8. The smallest absolute Gasteiger partial charge is 0.422 e. The standard InChI is InChI=1S/C72H97N13O12/c1-83-60-46-52(26-30-56(60)70(92)97-71(83)93)96-69-68(91)85-47-51(81-82-76)45-61(85)67(90)84(69)37-39-95-41-40-94-38-36-77-62(86)31-32-72-57-42-48(78-63(87)20-14-8-2-5-11-17-33-73)23-27-53(57)66(54-28-24-49(43-58(54)72)79-64(88)21-15-9-3-6-12-18-34-74)55-29-25-50(44-59(55)72)80-65(89)22-16-10-4-7-13-19-35-75/h23-30,42-44,46,51,61,66,69H,2-22,31-41,45,47,73-75H2,1H3,(H,77,86)(H,78,87)(H,79,88)(H,80,89)/t51-,61-,66?,69?,72?/m0/s1. The van der Waals surface area contributed by atoms with Crippen LogP contribution < -0.4 is 54.6 Å². The second kappa shape index (κ2) is 36.2. The van der Waals surface area contributed by atoms with Crippen LogP contribution in [0.4, 0.5) is 17.1 Å². The summed E-state index contributed by atoms with van der Waals surface area (Å²) < 4.78 is 23.9. The van der Waals surface area contributed by atoms with Crippen LogP contribution in [0.25, 0.3) is 21.3 Å². The maximum Gasteiger partial charge on any atom is 0.422 e. The molecule has 2 bridgehead atoms. The van der Waals surface area contributed by atoms with Crippen LogP contribution in [0.15, 0.2) is 91.9 Å². The Morgan fingerprint density at radius 2 is 1.08 bits per heavy atom. The van der Waals surface area contributed by atoms with E-state index in [9.17, 15) is 38.4 Å². The van der Waals surface area contributed by atoms with Crippen LogP contribution in [0.1, 0.15) is 193 Å². The van der Waals surface area contributed by atoms with E-state index in [0.29, 0.717) is 56.0 Å². The number of aromatic nitrogens is 1. The van der Waals surface area contributed by atoms with E-state index in [1.165, 1.54) is 35.0 Å². The fraction of sp³-hybridized carbons (Fsp3) is 0.556. The number of nitrogens with zero attached hydrogens (tertiary/aromatic N) is 6. The van der Waals surface area contributed by atoms with E-state index in [0.717, 1.165) is 154 Å². The molecule has 3 heterocycles. The van der Waals surface area contributed by atoms with Gasteiger partial charge in [0.1, 0.15) is 11.8 Å². The summed E-state index contributed by atoms with van der Waals surface area (Å²) in [6.45, 7) is 2.50. The Balaban J connectivity index is 0.883. The van der Waals surface area contributed by atoms with E-state index in [2.05, 4.69) is 49.5 Å². The van der Waals surface area contributed by atoms with Crippen molar-refractivity contribution in [2.24, 2.45) is 29.4 Å². The molecule has 0 saturated carbocycles. The summed E-state index contributed by atoms with van der Waals surface area (Å²) in [6, 6.07) is 21.0. The van der Waals surface area contributed by atoms with Crippen molar-refractivity contribution in [1.82, 2.24) is 19.7 Å². The summed E-state index contributed by atoms with van der Waals surface area (Å²) in [5.74, 6) is -2.49. The molecule has 2 fully saturated rings. The van der Waals surface area contributed by atoms with Gasteiger partial charge < -0.3 is 62.0 Å². The third-order valence-corrected chi connectivity index (χ3v) is 19.1. The number of anilines is 3. The molecule has 0 spiro atoms. The van der Waals surface area contributed by atoms with Gasteiger partial charge in [-0.25, -0.2) is 9.59 Å². The molecule has 5 aromatic rings. The molecular formula is C72H97N13O12. The van der Waals surface area contributed by atoms with Crippen LogP contribution >= 0.6 is 0 Å². The van der Waals surface area contributed by atoms with Gasteiger partial charge in [-0.3, -0.25) is 38.2 Å². The second-order valence-corrected chi connectivity index (χ2v) is 25.9. The van der Waals surface area contributed by atoms with Gasteiger partial charge in [0.15, 0.2) is 0 Å². The first-order valence-electron chi connectivity index (χ1n) is 35.0. The van der Waals surface area contributed by atoms with Crippen molar-refractivity contribution >= 4 is 63.4 Å². The maximum absolute atomic E-state index is 14.4. The number of carbonyl (C=O) groups excluding carboxylic acids is 6. The zero-order valence-corrected chi connectivity index (χ0v) is 56.1. The lowest BCUT2D eigenvalue weighted by Crippen LogP contribution is -2.65. The first-order valence-corrected chi connectivity index (χ1v) is 35.0. The molecule has 10 N–H and O–H groups in total. The average molecular weight is 1340 g/mol. The van der Waals surface area contributed by atoms with Crippen molar-refractivity contribution in [3.63, 3.8) is 0 Å². The lowest BCUT2D eigenvalue weighted by molar-refractivity contribution is -0.172. The Morgan fingerprint density at radius 1 is 0.598 bits per heavy atom. The third kappa shape index (κ3) is 18.6. The normalized spacial score (nSPS) is 18.1. The van der Waals surface area contributed by atoms with Crippen LogP contribution in [0.2, 0.25) is 0 Å². The number of piperazine rings is 1. The first-order chi connectivity index (χ1) is 47.2. The number of unbranched alkanes of at least 4 members (excludes halogenated alkanes) is 15. The second-order valence-electron chi connectivity index (χ2n) is 25.9. The number of carbonyl (C=O) groups is 6. The number of ether oxygens (including phenoxy) is 3. The highest BCUT2D eigenvalue weighted by Gasteiger charge is 2.53. The molecule has 10 rings (SSSR count). The molecule has 4 aromatic carbocycles. The number of azide groups is 1. The maximum atomic E-state index is 14.4. The molecule has 1 unspecified atom stereocenters. The summed E-state index contributed by atoms with van der Waals surface area (Å²) in [4.78, 5) is 114. The highest BCUT2D eigenvalue weighted by molar-refractivity contribution is 5.97. The van der Waals surface area contributed by atoms with Gasteiger partial charge in [-0.05, 0) is 158 Å². The van der Waals surface area contributed by atoms with Crippen molar-refractivity contribution in [2.45, 2.75) is 184 Å². The predicted molar refractivity (Wildman–Crippen MR) is 371 cm³/mol. The minimum absolute atomic E-state index is 0.0188. The van der Waals surface area contributed by atoms with E-state index >= 15 is 0 Å². The lowest BCUT2D eigenvalue weighted by Gasteiger charge is -2.51. The highest BCUT2D eigenvalue weighted by Crippen LogP contribution is 2.62. The van der Waals surface area contributed by atoms with Crippen molar-refractivity contribution in [1.29, 1.82) is 0 Å². The quantitative estimate of drug-likeness (QED) is 0.00829. The fourth-order valence-electron chi connectivity index (χ4n) is 14.2. The van der Waals surface area contributed by atoms with Crippen LogP contribution in [-0.4, -0.2) is 134 Å². The molecular weight excluding hydrogens is 1240 g/mol. The zero-order valence-electron chi connectivity index (χ0n) is 56.1. The van der Waals surface area contributed by atoms with E-state index in [1.807, 2.05) is 36.4 Å². The van der Waals surface area contributed by atoms with Crippen LogP contribution in [0.5, 0.6) is 5.75 Å². The molecule has 25 heteroatoms. The molecule has 2 aliphatic heterocycles. The third-order valence-electron chi connectivity index (χ3n) is 19.1. The molecule has 2 saturated heterocycles. The monoisotopic (exact) mass is 1340 g/mol. The predicted octanol–water partition coefficient (Wildman–Crippen LogP) is 8.97. The van der Waals surface area contributed by atoms with Crippen molar-refractivity contribution in [3.8, 4) is 5.75 Å². The largest absolute Gasteiger partial charge is 0.461 e. The number of amides is 6. The topological polar surface area (TPSA) is 364 Å². The van der Waals surface area contributed by atoms with E-state index in [4.69, 9.17) is 41.4 Å². The fourth-order valence-corrected chi connectivity index (χ4v) is 14.2. The Hall–Kier alpha value is -8.45. The van der Waals surface area contributed by atoms with Gasteiger partial charge in [-0.15, -0.1) is 0 Å². The molecule has 25 nitrogen and oxygen atoms in total. The average Bonchev–Trinajstić information content (AvgIpc) is 1.02. The van der Waals surface area contributed by atoms with Gasteiger partial charge in [-0.1, -0.05) is 100 Å². The Morgan fingerprint density at radius 3 is 1.58 bits per heavy atom. The zero-order chi connectivity index (χ0) is 68.7. The van der Waals surface area contributed by atoms with Gasteiger partial charge in [0.25, 0.3) is 12.1 Å². The van der Waals surface area contributed by atoms with Crippen molar-refractivity contribution in [3.05, 3.63) is 138 Å². The van der Waals surface area contributed by atoms with Gasteiger partial charge in [0.2, 0.25) is 29.5 Å². The molecule has 5 aliphatic rings. The van der Waals surface area contributed by atoms with Crippen LogP contribution in [0.3, 0.4) is 0 Å². The Bertz CT molecular complexity index is 3530. The van der Waals surface area contributed by atoms with E-state index in [-0.39, 0.29) is 112 Å². The Labute approximate surface area is 566 Å². The van der Waals surface area contributed by atoms with Gasteiger partial charge >= 0.3 is 11.4 Å². The SMILES string of the molecule is Cn1c(=O)oc(=O)c2ccc(OC3C(=O)N4C[C@@H](N=[N+]=[N-])C[C@H]4C(=O)N3CCOCCOCCNC(=O)CCC34c5cc(NC(=O)CCCCCCCCN)ccc5C(c5ccc(NC(=O)CCCCCCCCN)cc53)c3ccc(NC(=O)CCCCCCCCN)cc34)cc21. The van der Waals surface area contributed by atoms with E-state index in [1.54, 1.807) is 0 Å². The van der Waals surface area contributed by atoms with Crippen LogP contribution in [-0.2, 0) is 50.7 Å². The summed E-state index contributed by atoms with van der Waals surface area (Å²) in [7, 11) is 1.42. The number of nitrogens with one attached hydrogen (secondary N) is 4. The lowest BCUT2D eigenvalue weighted by atomic mass is 9.51. The van der Waals surface area contributed by atoms with Crippen molar-refractivity contribution in [2.75, 3.05) is 81.6 Å². The van der Waals surface area contributed by atoms with Gasteiger partial charge in [0, 0.05) is 91.7 Å². The molecule has 1 aromatic heterocycles. The number of rotatable bonds is 42. The molecule has 97 heavy (non-hydrogen) atoms. The summed E-state index contributed by atoms with van der Waals surface area (Å²) >= 11 is 0. The van der Waals surface area contributed by atoms with Gasteiger partial charge in [-0.2, -0.15) is 0 Å². The molecule has 0 radical (unpaired) electrons. The number of nitrogens with two attached hydrogens (primary N) is 3. The highest BCUT2D eigenvalue weighted by atomic mass is 16.5. The molecule has 6 amide bonds. The Kier molecular flexibility index (Phi) is 27.2. The number of hydrogen-bond donors (Lipinski definition) is 7. The number of fused-ring (bicyclic) bond motifs is 2. The van der Waals surface area contributed by atoms with E-state index < -0.39 is 46.9 Å². The summed E-state index contributed by atoms with van der Waals surface area (Å²) in [5, 5.41) is 16.5. The summed E-state index contributed by atoms with van der Waals surface area (Å²) in [6.07, 6.45) is 17.8. The van der Waals surface area contributed by atoms with Crippen molar-refractivity contribution < 1.29 is 47.4 Å². The summed E-state index contributed by atoms with van der Waals surface area (Å²) in [5.41, 5.74) is 32.4. The number of benzene rings is 4. The minimum Gasteiger partial charge on any atom is -0.461 e. The van der Waals surface area contributed by atoms with Gasteiger partial charge in [0.05, 0.1) is 43.4 Å². The molecule has 3 atom stereocenters. The molecule has 3 aliphatic carbocycles. The molecule has 522 valence electrons. The minimum atomic E-state index is -1.45. The number of aryl methyl sites for hydroxylation is 1. The van der Waals surface area contributed by atoms with Crippen LogP contribution in [0, 0.1) is 0 Å². The number of hydrogen-bond acceptors (Lipinski definition) is 16.